The smallest absolute Gasteiger partial charge is 0.255 e. The number of nitrogens with zero attached hydrogens (tertiary/aromatic N) is 1. The molecule has 0 aromatic heterocycles. The zero-order chi connectivity index (χ0) is 18.3. The number of benzene rings is 1. The maximum Gasteiger partial charge on any atom is 0.255 e. The number of carbonyl (C=O) groups excluding carboxylic acids is 1. The van der Waals surface area contributed by atoms with Gasteiger partial charge in [0.05, 0.1) is 10.5 Å². The molecule has 5 nitrogen and oxygen atoms in total. The molecule has 1 heterocycles. The Morgan fingerprint density at radius 1 is 1.19 bits per heavy atom. The minimum Gasteiger partial charge on any atom is -0.339 e. The van der Waals surface area contributed by atoms with Crippen LogP contribution in [0, 0.1) is 11.8 Å². The van der Waals surface area contributed by atoms with Crippen molar-refractivity contribution < 1.29 is 13.2 Å². The third-order valence-electron chi connectivity index (χ3n) is 6.15. The van der Waals surface area contributed by atoms with Crippen LogP contribution < -0.4 is 4.72 Å². The van der Waals surface area contributed by atoms with Gasteiger partial charge < -0.3 is 4.90 Å². The Hall–Kier alpha value is -1.05. The van der Waals surface area contributed by atoms with Crippen LogP contribution in [-0.2, 0) is 10.0 Å². The van der Waals surface area contributed by atoms with Gasteiger partial charge in [-0.05, 0) is 68.4 Å². The first-order chi connectivity index (χ1) is 12.5. The van der Waals surface area contributed by atoms with E-state index < -0.39 is 10.0 Å². The van der Waals surface area contributed by atoms with E-state index in [1.54, 1.807) is 18.2 Å². The standard InChI is InChI=1S/C19H26N2O3S2/c1-25-18-7-6-15(12-16(18)19(22)21-8-2-3-9-21)26(23,24)20-17-11-13-4-5-14(17)10-13/h6-7,12-14,17,20H,2-5,8-11H2,1H3/t13-,14-,17+/m0/s1. The predicted molar refractivity (Wildman–Crippen MR) is 103 cm³/mol. The van der Waals surface area contributed by atoms with Crippen molar-refractivity contribution in [2.45, 2.75) is 54.4 Å². The first-order valence-electron chi connectivity index (χ1n) is 9.47. The van der Waals surface area contributed by atoms with Gasteiger partial charge in [0, 0.05) is 24.0 Å². The molecule has 7 heteroatoms. The fraction of sp³-hybridized carbons (Fsp3) is 0.632. The molecule has 0 unspecified atom stereocenters. The molecule has 3 atom stereocenters. The number of hydrogen-bond donors (Lipinski definition) is 1. The maximum atomic E-state index is 12.9. The van der Waals surface area contributed by atoms with Gasteiger partial charge in [-0.25, -0.2) is 13.1 Å². The number of sulfonamides is 1. The van der Waals surface area contributed by atoms with Gasteiger partial charge in [-0.3, -0.25) is 4.79 Å². The molecular weight excluding hydrogens is 368 g/mol. The molecule has 4 rings (SSSR count). The number of hydrogen-bond acceptors (Lipinski definition) is 4. The van der Waals surface area contributed by atoms with Gasteiger partial charge in [-0.15, -0.1) is 11.8 Å². The number of fused-ring (bicyclic) bond motifs is 2. The second-order valence-electron chi connectivity index (χ2n) is 7.76. The number of nitrogens with one attached hydrogen (secondary N) is 1. The maximum absolute atomic E-state index is 12.9. The number of likely N-dealkylation sites (tertiary alicyclic amines) is 1. The predicted octanol–water partition coefficient (Wildman–Crippen LogP) is 3.11. The molecule has 2 bridgehead atoms. The minimum absolute atomic E-state index is 0.0520. The van der Waals surface area contributed by atoms with Crippen molar-refractivity contribution in [2.75, 3.05) is 19.3 Å². The molecule has 2 saturated carbocycles. The molecule has 1 saturated heterocycles. The van der Waals surface area contributed by atoms with Crippen LogP contribution in [-0.4, -0.2) is 44.6 Å². The zero-order valence-corrected chi connectivity index (χ0v) is 16.7. The van der Waals surface area contributed by atoms with Crippen LogP contribution in [0.4, 0.5) is 0 Å². The summed E-state index contributed by atoms with van der Waals surface area (Å²) in [4.78, 5) is 15.7. The van der Waals surface area contributed by atoms with Crippen molar-refractivity contribution >= 4 is 27.7 Å². The summed E-state index contributed by atoms with van der Waals surface area (Å²) in [6.45, 7) is 1.51. The fourth-order valence-electron chi connectivity index (χ4n) is 4.77. The molecule has 1 N–H and O–H groups in total. The van der Waals surface area contributed by atoms with E-state index in [-0.39, 0.29) is 16.8 Å². The summed E-state index contributed by atoms with van der Waals surface area (Å²) >= 11 is 1.48. The summed E-state index contributed by atoms with van der Waals surface area (Å²) in [6, 6.07) is 5.02. The van der Waals surface area contributed by atoms with E-state index in [2.05, 4.69) is 4.72 Å². The molecule has 26 heavy (non-hydrogen) atoms. The van der Waals surface area contributed by atoms with Crippen LogP contribution in [0.5, 0.6) is 0 Å². The number of rotatable bonds is 5. The third-order valence-corrected chi connectivity index (χ3v) is 8.43. The van der Waals surface area contributed by atoms with Gasteiger partial charge in [0.25, 0.3) is 5.91 Å². The molecule has 1 aliphatic heterocycles. The lowest BCUT2D eigenvalue weighted by Crippen LogP contribution is -2.38. The fourth-order valence-corrected chi connectivity index (χ4v) is 6.68. The highest BCUT2D eigenvalue weighted by atomic mass is 32.2. The van der Waals surface area contributed by atoms with Crippen LogP contribution in [0.25, 0.3) is 0 Å². The molecule has 0 spiro atoms. The van der Waals surface area contributed by atoms with E-state index in [0.717, 1.165) is 50.1 Å². The van der Waals surface area contributed by atoms with E-state index in [4.69, 9.17) is 0 Å². The average molecular weight is 395 g/mol. The molecule has 1 amide bonds. The number of thioether (sulfide) groups is 1. The molecule has 1 aromatic carbocycles. The van der Waals surface area contributed by atoms with Crippen molar-refractivity contribution in [1.82, 2.24) is 9.62 Å². The topological polar surface area (TPSA) is 66.5 Å². The van der Waals surface area contributed by atoms with Crippen molar-refractivity contribution in [2.24, 2.45) is 11.8 Å². The summed E-state index contributed by atoms with van der Waals surface area (Å²) in [6.07, 6.45) is 8.41. The molecule has 142 valence electrons. The first-order valence-corrected chi connectivity index (χ1v) is 12.2. The SMILES string of the molecule is CSc1ccc(S(=O)(=O)N[C@@H]2C[C@H]3CC[C@H]2C3)cc1C(=O)N1CCCC1. The van der Waals surface area contributed by atoms with E-state index >= 15 is 0 Å². The van der Waals surface area contributed by atoms with Crippen LogP contribution in [0.2, 0.25) is 0 Å². The van der Waals surface area contributed by atoms with Crippen LogP contribution in [0.3, 0.4) is 0 Å². The second-order valence-corrected chi connectivity index (χ2v) is 10.3. The second kappa shape index (κ2) is 7.17. The Morgan fingerprint density at radius 3 is 2.58 bits per heavy atom. The molecular formula is C19H26N2O3S2. The van der Waals surface area contributed by atoms with E-state index in [9.17, 15) is 13.2 Å². The first kappa shape index (κ1) is 18.3. The summed E-state index contributed by atoms with van der Waals surface area (Å²) in [5.74, 6) is 1.11. The highest BCUT2D eigenvalue weighted by molar-refractivity contribution is 7.98. The lowest BCUT2D eigenvalue weighted by Gasteiger charge is -2.23. The van der Waals surface area contributed by atoms with Crippen LogP contribution in [0.15, 0.2) is 28.0 Å². The summed E-state index contributed by atoms with van der Waals surface area (Å²) in [7, 11) is -3.60. The van der Waals surface area contributed by atoms with Gasteiger partial charge in [-0.2, -0.15) is 0 Å². The highest BCUT2D eigenvalue weighted by Crippen LogP contribution is 2.44. The van der Waals surface area contributed by atoms with E-state index in [1.165, 1.54) is 18.2 Å². The van der Waals surface area contributed by atoms with Crippen molar-refractivity contribution in [3.05, 3.63) is 23.8 Å². The molecule has 3 aliphatic rings. The zero-order valence-electron chi connectivity index (χ0n) is 15.1. The largest absolute Gasteiger partial charge is 0.339 e. The van der Waals surface area contributed by atoms with Gasteiger partial charge in [0.1, 0.15) is 0 Å². The highest BCUT2D eigenvalue weighted by Gasteiger charge is 2.41. The molecule has 3 fully saturated rings. The van der Waals surface area contributed by atoms with Crippen molar-refractivity contribution in [3.8, 4) is 0 Å². The monoisotopic (exact) mass is 394 g/mol. The van der Waals surface area contributed by atoms with Crippen LogP contribution in [0.1, 0.15) is 48.9 Å². The van der Waals surface area contributed by atoms with E-state index in [0.29, 0.717) is 17.4 Å². The Morgan fingerprint density at radius 2 is 1.96 bits per heavy atom. The van der Waals surface area contributed by atoms with Gasteiger partial charge >= 0.3 is 0 Å². The summed E-state index contributed by atoms with van der Waals surface area (Å²) in [5.41, 5.74) is 0.509. The van der Waals surface area contributed by atoms with Crippen molar-refractivity contribution in [1.29, 1.82) is 0 Å². The minimum atomic E-state index is -3.60. The average Bonchev–Trinajstić information content (AvgIpc) is 3.38. The summed E-state index contributed by atoms with van der Waals surface area (Å²) in [5, 5.41) is 0. The third kappa shape index (κ3) is 3.41. The lowest BCUT2D eigenvalue weighted by molar-refractivity contribution is 0.0789. The van der Waals surface area contributed by atoms with Crippen LogP contribution >= 0.6 is 11.8 Å². The van der Waals surface area contributed by atoms with E-state index in [1.807, 2.05) is 11.2 Å². The Bertz CT molecular complexity index is 803. The normalized spacial score (nSPS) is 28.0. The summed E-state index contributed by atoms with van der Waals surface area (Å²) < 4.78 is 28.8. The Balaban J connectivity index is 1.59. The lowest BCUT2D eigenvalue weighted by atomic mass is 9.96. The Labute approximate surface area is 160 Å². The van der Waals surface area contributed by atoms with Gasteiger partial charge in [0.15, 0.2) is 0 Å². The van der Waals surface area contributed by atoms with Gasteiger partial charge in [-0.1, -0.05) is 6.42 Å². The van der Waals surface area contributed by atoms with Crippen molar-refractivity contribution in [3.63, 3.8) is 0 Å². The number of carbonyl (C=O) groups is 1. The molecule has 2 aliphatic carbocycles. The Kier molecular flexibility index (Phi) is 5.05. The van der Waals surface area contributed by atoms with Gasteiger partial charge in [0.2, 0.25) is 10.0 Å². The quantitative estimate of drug-likeness (QED) is 0.780. The molecule has 0 radical (unpaired) electrons. The number of amides is 1. The molecule has 1 aromatic rings.